The molecule has 1 heterocycles. The van der Waals surface area contributed by atoms with Gasteiger partial charge in [0.05, 0.1) is 17.9 Å². The van der Waals surface area contributed by atoms with Crippen molar-refractivity contribution in [3.8, 4) is 0 Å². The average Bonchev–Trinajstić information content (AvgIpc) is 2.48. The molecule has 1 rings (SSSR count). The molecule has 0 aromatic carbocycles. The van der Waals surface area contributed by atoms with E-state index in [4.69, 9.17) is 9.47 Å². The van der Waals surface area contributed by atoms with E-state index in [0.717, 1.165) is 25.7 Å². The number of carbonyl (C=O) groups is 2. The van der Waals surface area contributed by atoms with Crippen LogP contribution in [0, 0.1) is 0 Å². The zero-order valence-electron chi connectivity index (χ0n) is 12.9. The summed E-state index contributed by atoms with van der Waals surface area (Å²) in [7, 11) is 0. The summed E-state index contributed by atoms with van der Waals surface area (Å²) in [6, 6.07) is 3.36. The Kier molecular flexibility index (Phi) is 7.43. The van der Waals surface area contributed by atoms with Gasteiger partial charge in [-0.15, -0.1) is 0 Å². The summed E-state index contributed by atoms with van der Waals surface area (Å²) >= 11 is 0. The molecule has 1 aromatic rings. The van der Waals surface area contributed by atoms with Gasteiger partial charge in [0.2, 0.25) is 0 Å². The van der Waals surface area contributed by atoms with Gasteiger partial charge in [0.25, 0.3) is 0 Å². The molecule has 0 saturated heterocycles. The Labute approximate surface area is 125 Å². The lowest BCUT2D eigenvalue weighted by Crippen LogP contribution is -2.26. The van der Waals surface area contributed by atoms with Gasteiger partial charge in [-0.1, -0.05) is 19.8 Å². The molecule has 0 N–H and O–H groups in total. The third-order valence-electron chi connectivity index (χ3n) is 3.03. The summed E-state index contributed by atoms with van der Waals surface area (Å²) in [5.74, 6) is -1.07. The highest BCUT2D eigenvalue weighted by Gasteiger charge is 2.21. The number of carbonyl (C=O) groups excluding carboxylic acids is 2. The van der Waals surface area contributed by atoms with Crippen LogP contribution in [0.1, 0.15) is 56.1 Å². The molecule has 5 nitrogen and oxygen atoms in total. The van der Waals surface area contributed by atoms with E-state index < -0.39 is 18.0 Å². The van der Waals surface area contributed by atoms with Gasteiger partial charge >= 0.3 is 11.9 Å². The average molecular weight is 293 g/mol. The molecule has 0 aliphatic carbocycles. The summed E-state index contributed by atoms with van der Waals surface area (Å²) in [5.41, 5.74) is 1.14. The van der Waals surface area contributed by atoms with Crippen molar-refractivity contribution < 1.29 is 19.1 Å². The SMILES string of the molecule is CCCCCc1ncccc1C(=O)OC(C)C(=O)OCC. The first-order valence-electron chi connectivity index (χ1n) is 7.41. The lowest BCUT2D eigenvalue weighted by Gasteiger charge is -2.13. The van der Waals surface area contributed by atoms with E-state index in [1.165, 1.54) is 6.92 Å². The lowest BCUT2D eigenvalue weighted by atomic mass is 10.1. The normalized spacial score (nSPS) is 11.8. The summed E-state index contributed by atoms with van der Waals surface area (Å²) in [5, 5.41) is 0. The van der Waals surface area contributed by atoms with Crippen molar-refractivity contribution in [2.45, 2.75) is 52.6 Å². The summed E-state index contributed by atoms with van der Waals surface area (Å²) in [6.07, 6.45) is 4.64. The Bertz CT molecular complexity index is 473. The van der Waals surface area contributed by atoms with Crippen LogP contribution < -0.4 is 0 Å². The monoisotopic (exact) mass is 293 g/mol. The number of aryl methyl sites for hydroxylation is 1. The number of unbranched alkanes of at least 4 members (excludes halogenated alkanes) is 2. The first kappa shape index (κ1) is 17.1. The maximum absolute atomic E-state index is 12.1. The minimum absolute atomic E-state index is 0.260. The molecule has 0 fully saturated rings. The van der Waals surface area contributed by atoms with Crippen LogP contribution in [0.25, 0.3) is 0 Å². The lowest BCUT2D eigenvalue weighted by molar-refractivity contribution is -0.152. The first-order valence-corrected chi connectivity index (χ1v) is 7.41. The van der Waals surface area contributed by atoms with Crippen LogP contribution in [0.4, 0.5) is 0 Å². The molecule has 0 amide bonds. The molecule has 0 saturated carbocycles. The molecular formula is C16H23NO4. The molecule has 1 atom stereocenters. The number of aromatic nitrogens is 1. The highest BCUT2D eigenvalue weighted by Crippen LogP contribution is 2.13. The fourth-order valence-electron chi connectivity index (χ4n) is 1.90. The van der Waals surface area contributed by atoms with Crippen LogP contribution in [0.2, 0.25) is 0 Å². The molecule has 0 bridgehead atoms. The zero-order valence-corrected chi connectivity index (χ0v) is 12.9. The standard InChI is InChI=1S/C16H23NO4/c1-4-6-7-10-14-13(9-8-11-17-14)16(19)21-12(3)15(18)20-5-2/h8-9,11-12H,4-7,10H2,1-3H3. The fraction of sp³-hybridized carbons (Fsp3) is 0.562. The van der Waals surface area contributed by atoms with Gasteiger partial charge in [-0.25, -0.2) is 9.59 Å². The minimum atomic E-state index is -0.916. The maximum Gasteiger partial charge on any atom is 0.347 e. The van der Waals surface area contributed by atoms with Crippen LogP contribution in [-0.2, 0) is 20.7 Å². The number of esters is 2. The highest BCUT2D eigenvalue weighted by atomic mass is 16.6. The smallest absolute Gasteiger partial charge is 0.347 e. The zero-order chi connectivity index (χ0) is 15.7. The fourth-order valence-corrected chi connectivity index (χ4v) is 1.90. The third-order valence-corrected chi connectivity index (χ3v) is 3.03. The Hall–Kier alpha value is -1.91. The van der Waals surface area contributed by atoms with Gasteiger partial charge in [-0.3, -0.25) is 4.98 Å². The van der Waals surface area contributed by atoms with Crippen LogP contribution >= 0.6 is 0 Å². The number of nitrogens with zero attached hydrogens (tertiary/aromatic N) is 1. The Morgan fingerprint density at radius 2 is 2.05 bits per heavy atom. The molecule has 1 aromatic heterocycles. The number of rotatable bonds is 8. The van der Waals surface area contributed by atoms with E-state index in [2.05, 4.69) is 11.9 Å². The molecule has 0 radical (unpaired) electrons. The van der Waals surface area contributed by atoms with E-state index >= 15 is 0 Å². The number of pyridine rings is 1. The van der Waals surface area contributed by atoms with Gasteiger partial charge in [-0.05, 0) is 38.8 Å². The molecule has 0 aliphatic rings. The van der Waals surface area contributed by atoms with Crippen molar-refractivity contribution in [2.75, 3.05) is 6.61 Å². The molecule has 0 aliphatic heterocycles. The van der Waals surface area contributed by atoms with E-state index in [9.17, 15) is 9.59 Å². The molecule has 1 unspecified atom stereocenters. The topological polar surface area (TPSA) is 65.5 Å². The van der Waals surface area contributed by atoms with Crippen molar-refractivity contribution in [3.63, 3.8) is 0 Å². The quantitative estimate of drug-likeness (QED) is 0.544. The van der Waals surface area contributed by atoms with E-state index in [-0.39, 0.29) is 6.61 Å². The van der Waals surface area contributed by atoms with Gasteiger partial charge in [0.15, 0.2) is 6.10 Å². The molecule has 116 valence electrons. The maximum atomic E-state index is 12.1. The van der Waals surface area contributed by atoms with Crippen molar-refractivity contribution in [3.05, 3.63) is 29.6 Å². The highest BCUT2D eigenvalue weighted by molar-refractivity contribution is 5.92. The Balaban J connectivity index is 2.71. The summed E-state index contributed by atoms with van der Waals surface area (Å²) in [4.78, 5) is 27.9. The second kappa shape index (κ2) is 9.10. The van der Waals surface area contributed by atoms with E-state index in [0.29, 0.717) is 11.3 Å². The van der Waals surface area contributed by atoms with Crippen molar-refractivity contribution in [1.82, 2.24) is 4.98 Å². The van der Waals surface area contributed by atoms with Gasteiger partial charge < -0.3 is 9.47 Å². The van der Waals surface area contributed by atoms with Gasteiger partial charge in [-0.2, -0.15) is 0 Å². The predicted octanol–water partition coefficient (Wildman–Crippen LogP) is 2.92. The molecule has 21 heavy (non-hydrogen) atoms. The van der Waals surface area contributed by atoms with E-state index in [1.54, 1.807) is 25.3 Å². The summed E-state index contributed by atoms with van der Waals surface area (Å²) in [6.45, 7) is 5.59. The summed E-state index contributed by atoms with van der Waals surface area (Å²) < 4.78 is 9.96. The Morgan fingerprint density at radius 1 is 1.29 bits per heavy atom. The van der Waals surface area contributed by atoms with Crippen LogP contribution in [-0.4, -0.2) is 29.6 Å². The van der Waals surface area contributed by atoms with Crippen molar-refractivity contribution >= 4 is 11.9 Å². The van der Waals surface area contributed by atoms with Crippen LogP contribution in [0.15, 0.2) is 18.3 Å². The second-order valence-corrected chi connectivity index (χ2v) is 4.75. The number of hydrogen-bond donors (Lipinski definition) is 0. The largest absolute Gasteiger partial charge is 0.463 e. The molecule has 0 spiro atoms. The minimum Gasteiger partial charge on any atom is -0.463 e. The molecular weight excluding hydrogens is 270 g/mol. The van der Waals surface area contributed by atoms with Crippen LogP contribution in [0.3, 0.4) is 0 Å². The van der Waals surface area contributed by atoms with Crippen molar-refractivity contribution in [1.29, 1.82) is 0 Å². The first-order chi connectivity index (χ1) is 10.1. The van der Waals surface area contributed by atoms with E-state index in [1.807, 2.05) is 0 Å². The predicted molar refractivity (Wildman–Crippen MR) is 79.0 cm³/mol. The van der Waals surface area contributed by atoms with Crippen LogP contribution in [0.5, 0.6) is 0 Å². The number of ether oxygens (including phenoxy) is 2. The van der Waals surface area contributed by atoms with Gasteiger partial charge in [0.1, 0.15) is 0 Å². The molecule has 5 heteroatoms. The third kappa shape index (κ3) is 5.53. The van der Waals surface area contributed by atoms with Gasteiger partial charge in [0, 0.05) is 6.20 Å². The Morgan fingerprint density at radius 3 is 2.71 bits per heavy atom. The van der Waals surface area contributed by atoms with Crippen molar-refractivity contribution in [2.24, 2.45) is 0 Å². The number of hydrogen-bond acceptors (Lipinski definition) is 5. The second-order valence-electron chi connectivity index (χ2n) is 4.75.